The lowest BCUT2D eigenvalue weighted by Crippen LogP contribution is -2.22. The van der Waals surface area contributed by atoms with E-state index in [1.54, 1.807) is 4.68 Å². The lowest BCUT2D eigenvalue weighted by molar-refractivity contribution is 0.0784. The van der Waals surface area contributed by atoms with E-state index in [1.807, 2.05) is 48.5 Å². The largest absolute Gasteiger partial charge is 0.359 e. The van der Waals surface area contributed by atoms with Gasteiger partial charge in [-0.3, -0.25) is 4.79 Å². The van der Waals surface area contributed by atoms with Crippen molar-refractivity contribution >= 4 is 36.0 Å². The molecule has 0 spiro atoms. The Kier molecular flexibility index (Phi) is 6.23. The smallest absolute Gasteiger partial charge is 0.184 e. The third-order valence-electron chi connectivity index (χ3n) is 6.04. The Labute approximate surface area is 204 Å². The van der Waals surface area contributed by atoms with Crippen molar-refractivity contribution in [3.8, 4) is 22.5 Å². The van der Waals surface area contributed by atoms with Gasteiger partial charge in [-0.05, 0) is 57.1 Å². The first-order valence-corrected chi connectivity index (χ1v) is 15.4. The summed E-state index contributed by atoms with van der Waals surface area (Å²) in [4.78, 5) is 16.6. The highest BCUT2D eigenvalue weighted by Gasteiger charge is 2.15. The molecule has 0 amide bonds. The normalized spacial score (nSPS) is 11.9. The molecule has 176 valence electrons. The second-order valence-corrected chi connectivity index (χ2v) is 15.4. The zero-order chi connectivity index (χ0) is 24.4. The first-order chi connectivity index (χ1) is 16.9. The summed E-state index contributed by atoms with van der Waals surface area (Å²) in [5.74, 6) is 0.631. The van der Waals surface area contributed by atoms with Gasteiger partial charge < -0.3 is 4.74 Å². The molecule has 2 aromatic heterocycles. The number of aromatic nitrogens is 5. The minimum absolute atomic E-state index is 0.300. The maximum absolute atomic E-state index is 12.0. The van der Waals surface area contributed by atoms with Gasteiger partial charge in [0.15, 0.2) is 12.1 Å². The molecule has 0 aliphatic rings. The lowest BCUT2D eigenvalue weighted by Gasteiger charge is -2.15. The number of pyridine rings is 1. The number of fused-ring (bicyclic) bond motifs is 2. The van der Waals surface area contributed by atoms with E-state index in [4.69, 9.17) is 4.74 Å². The number of hydrogen-bond acceptors (Lipinski definition) is 6. The van der Waals surface area contributed by atoms with E-state index in [2.05, 4.69) is 58.3 Å². The third kappa shape index (κ3) is 4.89. The zero-order valence-corrected chi connectivity index (χ0v) is 21.1. The van der Waals surface area contributed by atoms with Crippen LogP contribution in [0.5, 0.6) is 0 Å². The summed E-state index contributed by atoms with van der Waals surface area (Å²) in [6.07, 6.45) is 0.822. The molecule has 0 fully saturated rings. The highest BCUT2D eigenvalue weighted by Crippen LogP contribution is 2.33. The van der Waals surface area contributed by atoms with Crippen LogP contribution in [0.15, 0.2) is 66.7 Å². The number of hydrogen-bond donors (Lipinski definition) is 0. The molecule has 0 aliphatic carbocycles. The van der Waals surface area contributed by atoms with E-state index in [0.717, 1.165) is 50.7 Å². The van der Waals surface area contributed by atoms with Crippen molar-refractivity contribution in [3.05, 3.63) is 72.4 Å². The van der Waals surface area contributed by atoms with Crippen LogP contribution in [0.25, 0.3) is 44.2 Å². The molecule has 5 aromatic rings. The maximum atomic E-state index is 12.0. The standard InChI is InChI=1S/C27H27N5O2Si/c1-35(2,3)14-13-34-18-32-27(29-30-31-32)20-11-12-25-21(15-20)16-24(26(17-33)28-25)23-10-6-8-19-7-4-5-9-22(19)23/h4-12,15-17H,13-14,18H2,1-3H3. The number of carbonyl (C=O) groups excluding carboxylic acids is 1. The molecule has 7 nitrogen and oxygen atoms in total. The van der Waals surface area contributed by atoms with Crippen molar-refractivity contribution in [3.63, 3.8) is 0 Å². The van der Waals surface area contributed by atoms with Crippen LogP contribution in [-0.2, 0) is 11.5 Å². The van der Waals surface area contributed by atoms with Crippen molar-refractivity contribution < 1.29 is 9.53 Å². The van der Waals surface area contributed by atoms with Crippen LogP contribution in [0.4, 0.5) is 0 Å². The number of nitrogens with zero attached hydrogens (tertiary/aromatic N) is 5. The average molecular weight is 482 g/mol. The van der Waals surface area contributed by atoms with Crippen LogP contribution < -0.4 is 0 Å². The predicted octanol–water partition coefficient (Wildman–Crippen LogP) is 5.83. The Morgan fingerprint density at radius 1 is 0.943 bits per heavy atom. The van der Waals surface area contributed by atoms with E-state index >= 15 is 0 Å². The fourth-order valence-corrected chi connectivity index (χ4v) is 4.88. The Balaban J connectivity index is 1.52. The fraction of sp³-hybridized carbons (Fsp3) is 0.222. The monoisotopic (exact) mass is 481 g/mol. The summed E-state index contributed by atoms with van der Waals surface area (Å²) in [6.45, 7) is 7.97. The molecule has 0 atom stereocenters. The van der Waals surface area contributed by atoms with Gasteiger partial charge in [-0.25, -0.2) is 4.98 Å². The topological polar surface area (TPSA) is 82.8 Å². The average Bonchev–Trinajstić information content (AvgIpc) is 3.33. The van der Waals surface area contributed by atoms with Gasteiger partial charge >= 0.3 is 0 Å². The number of aldehydes is 1. The zero-order valence-electron chi connectivity index (χ0n) is 20.1. The van der Waals surface area contributed by atoms with Gasteiger partial charge in [-0.15, -0.1) is 5.10 Å². The van der Waals surface area contributed by atoms with E-state index in [-0.39, 0.29) is 0 Å². The van der Waals surface area contributed by atoms with E-state index < -0.39 is 8.07 Å². The maximum Gasteiger partial charge on any atom is 0.184 e. The Morgan fingerprint density at radius 2 is 1.77 bits per heavy atom. The summed E-state index contributed by atoms with van der Waals surface area (Å²) in [5.41, 5.74) is 3.80. The molecule has 0 N–H and O–H groups in total. The molecule has 0 aliphatic heterocycles. The number of tetrazole rings is 1. The van der Waals surface area contributed by atoms with E-state index in [1.165, 1.54) is 0 Å². The van der Waals surface area contributed by atoms with Crippen LogP contribution in [0.1, 0.15) is 10.5 Å². The van der Waals surface area contributed by atoms with E-state index in [9.17, 15) is 4.79 Å². The van der Waals surface area contributed by atoms with Gasteiger partial charge in [0.2, 0.25) is 0 Å². The van der Waals surface area contributed by atoms with Crippen LogP contribution in [0, 0.1) is 0 Å². The molecule has 0 saturated heterocycles. The summed E-state index contributed by atoms with van der Waals surface area (Å²) in [6, 6.07) is 23.2. The first kappa shape index (κ1) is 23.0. The molecule has 3 aromatic carbocycles. The van der Waals surface area contributed by atoms with Gasteiger partial charge in [-0.1, -0.05) is 62.1 Å². The van der Waals surface area contributed by atoms with Crippen molar-refractivity contribution in [1.29, 1.82) is 0 Å². The molecule has 5 rings (SSSR count). The first-order valence-electron chi connectivity index (χ1n) is 11.7. The quantitative estimate of drug-likeness (QED) is 0.157. The van der Waals surface area contributed by atoms with Crippen molar-refractivity contribution in [1.82, 2.24) is 25.2 Å². The summed E-state index contributed by atoms with van der Waals surface area (Å²) in [7, 11) is -1.16. The molecule has 8 heteroatoms. The molecule has 0 bridgehead atoms. The lowest BCUT2D eigenvalue weighted by atomic mass is 9.96. The van der Waals surface area contributed by atoms with Crippen LogP contribution in [0.3, 0.4) is 0 Å². The summed E-state index contributed by atoms with van der Waals surface area (Å²) >= 11 is 0. The van der Waals surface area contributed by atoms with Crippen molar-refractivity contribution in [2.24, 2.45) is 0 Å². The Bertz CT molecular complexity index is 1520. The summed E-state index contributed by atoms with van der Waals surface area (Å²) < 4.78 is 7.53. The number of rotatable bonds is 8. The third-order valence-corrected chi connectivity index (χ3v) is 7.74. The second-order valence-electron chi connectivity index (χ2n) is 9.82. The molecule has 0 unspecified atom stereocenters. The highest BCUT2D eigenvalue weighted by molar-refractivity contribution is 6.76. The summed E-state index contributed by atoms with van der Waals surface area (Å²) in [5, 5.41) is 15.3. The highest BCUT2D eigenvalue weighted by atomic mass is 28.3. The second kappa shape index (κ2) is 9.48. The van der Waals surface area contributed by atoms with Gasteiger partial charge in [-0.2, -0.15) is 4.68 Å². The van der Waals surface area contributed by atoms with Crippen LogP contribution in [0.2, 0.25) is 25.7 Å². The number of ether oxygens (including phenoxy) is 1. The minimum Gasteiger partial charge on any atom is -0.359 e. The number of carbonyl (C=O) groups is 1. The van der Waals surface area contributed by atoms with Crippen LogP contribution >= 0.6 is 0 Å². The molecule has 35 heavy (non-hydrogen) atoms. The van der Waals surface area contributed by atoms with Gasteiger partial charge in [0.25, 0.3) is 0 Å². The fourth-order valence-electron chi connectivity index (χ4n) is 4.12. The Hall–Kier alpha value is -3.75. The molecule has 2 heterocycles. The van der Waals surface area contributed by atoms with Gasteiger partial charge in [0.05, 0.1) is 5.52 Å². The molecular formula is C27H27N5O2Si. The van der Waals surface area contributed by atoms with E-state index in [0.29, 0.717) is 24.9 Å². The van der Waals surface area contributed by atoms with Crippen molar-refractivity contribution in [2.45, 2.75) is 32.4 Å². The molecule has 0 saturated carbocycles. The predicted molar refractivity (Wildman–Crippen MR) is 141 cm³/mol. The molecular weight excluding hydrogens is 454 g/mol. The number of benzene rings is 3. The Morgan fingerprint density at radius 3 is 2.60 bits per heavy atom. The molecule has 0 radical (unpaired) electrons. The SMILES string of the molecule is C[Si](C)(C)CCOCn1nnnc1-c1ccc2nc(C=O)c(-c3cccc4ccccc34)cc2c1. The van der Waals surface area contributed by atoms with Gasteiger partial charge in [0, 0.05) is 31.2 Å². The van der Waals surface area contributed by atoms with Crippen LogP contribution in [-0.4, -0.2) is 46.2 Å². The van der Waals surface area contributed by atoms with Crippen molar-refractivity contribution in [2.75, 3.05) is 6.61 Å². The van der Waals surface area contributed by atoms with Gasteiger partial charge in [0.1, 0.15) is 12.4 Å². The minimum atomic E-state index is -1.16.